The molecule has 4 aromatic rings. The summed E-state index contributed by atoms with van der Waals surface area (Å²) < 4.78 is 117. The van der Waals surface area contributed by atoms with Gasteiger partial charge in [-0.25, -0.2) is 16.8 Å². The van der Waals surface area contributed by atoms with Gasteiger partial charge in [-0.2, -0.15) is 27.1 Å². The van der Waals surface area contributed by atoms with Gasteiger partial charge in [-0.15, -0.1) is 10.2 Å². The third-order valence-corrected chi connectivity index (χ3v) is 11.7. The average Bonchev–Trinajstić information content (AvgIpc) is 2.99. The number of phenols is 1. The summed E-state index contributed by atoms with van der Waals surface area (Å²) in [4.78, 5) is -2.34. The van der Waals surface area contributed by atoms with E-state index in [2.05, 4.69) is 20.5 Å². The molecule has 0 fully saturated rings. The summed E-state index contributed by atoms with van der Waals surface area (Å²) in [5.74, 6) is -2.10. The van der Waals surface area contributed by atoms with Crippen LogP contribution in [0.1, 0.15) is 1.43 Å². The number of sulfone groups is 2. The van der Waals surface area contributed by atoms with Crippen LogP contribution < -0.4 is 35.3 Å². The summed E-state index contributed by atoms with van der Waals surface area (Å²) in [5, 5.41) is 43.3. The van der Waals surface area contributed by atoms with E-state index >= 15 is 0 Å². The van der Waals surface area contributed by atoms with E-state index in [-0.39, 0.29) is 52.1 Å². The van der Waals surface area contributed by atoms with Gasteiger partial charge in [0.05, 0.1) is 57.0 Å². The van der Waals surface area contributed by atoms with Crippen molar-refractivity contribution in [2.24, 2.45) is 20.5 Å². The molecule has 4 rings (SSSR count). The Kier molecular flexibility index (Phi) is 12.4. The number of aliphatic hydroxyl groups excluding tert-OH is 2. The van der Waals surface area contributed by atoms with Crippen LogP contribution in [-0.4, -0.2) is 82.8 Å². The molecule has 0 aliphatic carbocycles. The maximum atomic E-state index is 12.3. The smallest absolute Gasteiger partial charge is 1.00 e. The van der Waals surface area contributed by atoms with Crippen molar-refractivity contribution in [3.63, 3.8) is 0 Å². The Bertz CT molecular complexity index is 2240. The molecule has 0 aromatic heterocycles. The molecule has 4 aromatic carbocycles. The molecule has 0 unspecified atom stereocenters. The average molecular weight is 768 g/mol. The van der Waals surface area contributed by atoms with Crippen LogP contribution in [-0.2, 0) is 39.9 Å². The number of anilines is 1. The molecular formula is C26H26N5NaO13S4. The van der Waals surface area contributed by atoms with Gasteiger partial charge < -0.3 is 22.5 Å². The minimum absolute atomic E-state index is 0. The minimum atomic E-state index is -5.19. The molecular weight excluding hydrogens is 742 g/mol. The number of nitrogens with two attached hydrogens (primary N) is 1. The summed E-state index contributed by atoms with van der Waals surface area (Å²) in [7, 11) is -17.9. The van der Waals surface area contributed by atoms with Gasteiger partial charge in [-0.3, -0.25) is 9.11 Å². The molecule has 0 heterocycles. The molecule has 18 nitrogen and oxygen atoms in total. The SMILES string of the molecule is Nc1c(N=Nc2ccc(S(=O)(=O)CCO)cc2)c(S(=O)(=O)O)cc2cc(S(=O)(=O)O)c(N=Nc3ccc(S(=O)(=O)CCO)cc3)c(O)c12.[H-].[Na+]. The molecule has 0 atom stereocenters. The predicted octanol–water partition coefficient (Wildman–Crippen LogP) is 0.100. The first kappa shape index (κ1) is 40.0. The maximum absolute atomic E-state index is 12.3. The topological polar surface area (TPSA) is 313 Å². The molecule has 0 radical (unpaired) electrons. The van der Waals surface area contributed by atoms with Gasteiger partial charge in [0.1, 0.15) is 21.2 Å². The monoisotopic (exact) mass is 767 g/mol. The number of azo groups is 2. The van der Waals surface area contributed by atoms with E-state index in [0.717, 1.165) is 24.3 Å². The summed E-state index contributed by atoms with van der Waals surface area (Å²) in [6.45, 7) is -1.23. The van der Waals surface area contributed by atoms with E-state index in [4.69, 9.17) is 15.9 Å². The zero-order valence-corrected chi connectivity index (χ0v) is 30.4. The second-order valence-corrected chi connectivity index (χ2v) is 16.7. The molecule has 23 heteroatoms. The van der Waals surface area contributed by atoms with Crippen LogP contribution in [0.4, 0.5) is 28.4 Å². The van der Waals surface area contributed by atoms with Crippen molar-refractivity contribution in [2.45, 2.75) is 19.6 Å². The van der Waals surface area contributed by atoms with Gasteiger partial charge in [0.25, 0.3) is 20.2 Å². The standard InChI is InChI=1S/C26H25N5O13S4.Na.H/c27-23-22-15(13-20(47(39,40)41)24(23)30-28-16-1-5-18(6-2-16)45(35,36)11-9-32)14-21(48(42,43)44)25(26(22)34)31-29-17-3-7-19(8-4-17)46(37,38)12-10-33;;/h1-8,13-14,32-34H,9-12,27H2,(H,39,40,41)(H,42,43,44);;/q;+1;-1. The van der Waals surface area contributed by atoms with Crippen LogP contribution in [0.5, 0.6) is 5.75 Å². The number of hydrogen-bond donors (Lipinski definition) is 6. The first-order valence-corrected chi connectivity index (χ1v) is 19.3. The Hall–Kier alpha value is -3.42. The van der Waals surface area contributed by atoms with E-state index in [0.29, 0.717) is 12.1 Å². The fourth-order valence-corrected chi connectivity index (χ4v) is 7.62. The number of hydrogen-bond acceptors (Lipinski definition) is 16. The molecule has 0 aliphatic heterocycles. The molecule has 0 bridgehead atoms. The molecule has 49 heavy (non-hydrogen) atoms. The van der Waals surface area contributed by atoms with Crippen molar-refractivity contribution in [2.75, 3.05) is 30.5 Å². The molecule has 7 N–H and O–H groups in total. The van der Waals surface area contributed by atoms with Gasteiger partial charge in [-0.05, 0) is 66.0 Å². The van der Waals surface area contributed by atoms with E-state index in [1.165, 1.54) is 24.3 Å². The van der Waals surface area contributed by atoms with Crippen LogP contribution in [0, 0.1) is 0 Å². The minimum Gasteiger partial charge on any atom is -1.00 e. The summed E-state index contributed by atoms with van der Waals surface area (Å²) in [5.41, 5.74) is 3.86. The number of nitrogen functional groups attached to an aromatic ring is 1. The first-order chi connectivity index (χ1) is 22.3. The van der Waals surface area contributed by atoms with Gasteiger partial charge in [-0.1, -0.05) is 0 Å². The van der Waals surface area contributed by atoms with Crippen LogP contribution in [0.3, 0.4) is 0 Å². The van der Waals surface area contributed by atoms with Gasteiger partial charge >= 0.3 is 29.6 Å². The van der Waals surface area contributed by atoms with Crippen molar-refractivity contribution < 1.29 is 89.1 Å². The maximum Gasteiger partial charge on any atom is 1.00 e. The first-order valence-electron chi connectivity index (χ1n) is 13.1. The number of phenolic OH excluding ortho intramolecular Hbond substituents is 1. The largest absolute Gasteiger partial charge is 1.00 e. The van der Waals surface area contributed by atoms with Gasteiger partial charge in [0, 0.05) is 0 Å². The summed E-state index contributed by atoms with van der Waals surface area (Å²) >= 11 is 0. The van der Waals surface area contributed by atoms with Crippen molar-refractivity contribution in [3.8, 4) is 5.75 Å². The number of aliphatic hydroxyl groups is 2. The second kappa shape index (κ2) is 15.2. The third-order valence-electron chi connectivity index (χ3n) is 6.51. The molecule has 0 aliphatic rings. The third kappa shape index (κ3) is 9.04. The quantitative estimate of drug-likeness (QED) is 0.0482. The van der Waals surface area contributed by atoms with Crippen molar-refractivity contribution in [1.29, 1.82) is 0 Å². The Morgan fingerprint density at radius 2 is 0.980 bits per heavy atom. The number of aromatic hydroxyl groups is 1. The van der Waals surface area contributed by atoms with E-state index in [1.807, 2.05) is 0 Å². The number of rotatable bonds is 12. The van der Waals surface area contributed by atoms with E-state index < -0.39 is 108 Å². The van der Waals surface area contributed by atoms with E-state index in [9.17, 15) is 47.9 Å². The van der Waals surface area contributed by atoms with Crippen molar-refractivity contribution in [1.82, 2.24) is 0 Å². The van der Waals surface area contributed by atoms with Crippen LogP contribution in [0.15, 0.2) is 101 Å². The summed E-state index contributed by atoms with van der Waals surface area (Å²) in [6.07, 6.45) is 0. The Balaban J connectivity index is 0.00000433. The van der Waals surface area contributed by atoms with Crippen molar-refractivity contribution >= 4 is 79.1 Å². The van der Waals surface area contributed by atoms with Crippen molar-refractivity contribution in [3.05, 3.63) is 60.7 Å². The predicted molar refractivity (Wildman–Crippen MR) is 170 cm³/mol. The van der Waals surface area contributed by atoms with Crippen LogP contribution >= 0.6 is 0 Å². The van der Waals surface area contributed by atoms with Crippen LogP contribution in [0.25, 0.3) is 10.8 Å². The molecule has 0 amide bonds. The Morgan fingerprint density at radius 3 is 1.35 bits per heavy atom. The fraction of sp³-hybridized carbons (Fsp3) is 0.154. The number of benzene rings is 4. The number of fused-ring (bicyclic) bond motifs is 1. The van der Waals surface area contributed by atoms with E-state index in [1.54, 1.807) is 0 Å². The molecule has 0 spiro atoms. The fourth-order valence-electron chi connectivity index (χ4n) is 4.24. The van der Waals surface area contributed by atoms with Gasteiger partial charge in [0.15, 0.2) is 25.4 Å². The number of nitrogens with zero attached hydrogens (tertiary/aromatic N) is 4. The molecule has 258 valence electrons. The molecule has 0 saturated heterocycles. The normalized spacial score (nSPS) is 12.9. The molecule has 0 saturated carbocycles. The second-order valence-electron chi connectivity index (χ2n) is 9.73. The summed E-state index contributed by atoms with van der Waals surface area (Å²) in [6, 6.07) is 10.7. The van der Waals surface area contributed by atoms with Gasteiger partial charge in [0.2, 0.25) is 0 Å². The Labute approximate surface area is 303 Å². The zero-order valence-electron chi connectivity index (χ0n) is 26.1. The zero-order chi connectivity index (χ0) is 35.7. The Morgan fingerprint density at radius 1 is 0.612 bits per heavy atom. The van der Waals surface area contributed by atoms with Crippen LogP contribution in [0.2, 0.25) is 0 Å².